The van der Waals surface area contributed by atoms with Gasteiger partial charge in [-0.3, -0.25) is 0 Å². The summed E-state index contributed by atoms with van der Waals surface area (Å²) in [4.78, 5) is 0. The molecule has 3 aromatic carbocycles. The van der Waals surface area contributed by atoms with Crippen molar-refractivity contribution >= 4 is 21.5 Å². The van der Waals surface area contributed by atoms with Crippen LogP contribution in [0.3, 0.4) is 0 Å². The van der Waals surface area contributed by atoms with Crippen molar-refractivity contribution in [2.24, 2.45) is 0 Å². The summed E-state index contributed by atoms with van der Waals surface area (Å²) in [7, 11) is 0. The number of hydrogen-bond acceptors (Lipinski definition) is 2. The summed E-state index contributed by atoms with van der Waals surface area (Å²) in [5.41, 5.74) is 2.76. The molecule has 0 heterocycles. The average Bonchev–Trinajstić information content (AvgIpc) is 2.87. The van der Waals surface area contributed by atoms with Gasteiger partial charge in [0.1, 0.15) is 11.5 Å². The highest BCUT2D eigenvalue weighted by Gasteiger charge is 2.17. The van der Waals surface area contributed by atoms with Crippen molar-refractivity contribution in [3.63, 3.8) is 0 Å². The average molecular weight is 459 g/mol. The maximum atomic E-state index is 6.36. The van der Waals surface area contributed by atoms with Crippen molar-refractivity contribution in [3.8, 4) is 11.5 Å². The Morgan fingerprint density at radius 1 is 0.588 bits per heavy atom. The lowest BCUT2D eigenvalue weighted by Crippen LogP contribution is -1.97. The number of benzene rings is 3. The zero-order chi connectivity index (χ0) is 24.2. The molecular formula is C32H42O2. The van der Waals surface area contributed by atoms with E-state index in [-0.39, 0.29) is 0 Å². The van der Waals surface area contributed by atoms with Crippen LogP contribution in [0.15, 0.2) is 61.1 Å². The maximum Gasteiger partial charge on any atom is 0.142 e. The van der Waals surface area contributed by atoms with Gasteiger partial charge in [-0.25, -0.2) is 0 Å². The van der Waals surface area contributed by atoms with Gasteiger partial charge in [0.05, 0.1) is 12.5 Å². The van der Waals surface area contributed by atoms with E-state index in [9.17, 15) is 0 Å². The smallest absolute Gasteiger partial charge is 0.142 e. The van der Waals surface area contributed by atoms with Crippen LogP contribution in [0.5, 0.6) is 11.5 Å². The minimum atomic E-state index is 0.925. The van der Waals surface area contributed by atoms with E-state index in [2.05, 4.69) is 76.2 Å². The van der Waals surface area contributed by atoms with Gasteiger partial charge in [0.25, 0.3) is 0 Å². The minimum absolute atomic E-state index is 0.925. The van der Waals surface area contributed by atoms with Gasteiger partial charge in [-0.05, 0) is 73.9 Å². The van der Waals surface area contributed by atoms with Crippen molar-refractivity contribution in [2.45, 2.75) is 91.9 Å². The molecule has 3 rings (SSSR count). The normalized spacial score (nSPS) is 11.9. The Hall–Kier alpha value is -2.74. The van der Waals surface area contributed by atoms with Gasteiger partial charge in [-0.1, -0.05) is 77.6 Å². The van der Waals surface area contributed by atoms with Crippen LogP contribution in [-0.2, 0) is 12.8 Å². The van der Waals surface area contributed by atoms with Crippen molar-refractivity contribution < 1.29 is 9.47 Å². The monoisotopic (exact) mass is 458 g/mol. The summed E-state index contributed by atoms with van der Waals surface area (Å²) in [6, 6.07) is 13.1. The second-order valence-corrected chi connectivity index (χ2v) is 9.05. The summed E-state index contributed by atoms with van der Waals surface area (Å²) < 4.78 is 12.7. The van der Waals surface area contributed by atoms with Crippen molar-refractivity contribution in [1.29, 1.82) is 0 Å². The summed E-state index contributed by atoms with van der Waals surface area (Å²) in [5, 5.41) is 4.43. The van der Waals surface area contributed by atoms with E-state index in [4.69, 9.17) is 9.47 Å². The topological polar surface area (TPSA) is 18.5 Å². The molecule has 0 aliphatic heterocycles. The van der Waals surface area contributed by atoms with Gasteiger partial charge in [0, 0.05) is 21.5 Å². The van der Waals surface area contributed by atoms with Crippen molar-refractivity contribution in [2.75, 3.05) is 0 Å². The number of aryl methyl sites for hydroxylation is 2. The zero-order valence-corrected chi connectivity index (χ0v) is 21.7. The molecule has 0 N–H and O–H groups in total. The lowest BCUT2D eigenvalue weighted by molar-refractivity contribution is 0.481. The highest BCUT2D eigenvalue weighted by atomic mass is 16.5. The fourth-order valence-electron chi connectivity index (χ4n) is 4.54. The van der Waals surface area contributed by atoms with E-state index in [0.29, 0.717) is 0 Å². The molecule has 3 aromatic rings. The molecule has 0 amide bonds. The van der Waals surface area contributed by atoms with Gasteiger partial charge in [0.15, 0.2) is 0 Å². The van der Waals surface area contributed by atoms with Crippen LogP contribution >= 0.6 is 0 Å². The molecule has 34 heavy (non-hydrogen) atoms. The molecule has 0 fully saturated rings. The van der Waals surface area contributed by atoms with Gasteiger partial charge >= 0.3 is 0 Å². The molecular weight excluding hydrogens is 416 g/mol. The lowest BCUT2D eigenvalue weighted by Gasteiger charge is -2.18. The van der Waals surface area contributed by atoms with Crippen LogP contribution in [0, 0.1) is 0 Å². The van der Waals surface area contributed by atoms with Gasteiger partial charge in [-0.2, -0.15) is 0 Å². The lowest BCUT2D eigenvalue weighted by atomic mass is 9.94. The van der Waals surface area contributed by atoms with E-state index in [1.165, 1.54) is 49.7 Å². The van der Waals surface area contributed by atoms with E-state index in [1.54, 1.807) is 0 Å². The molecule has 182 valence electrons. The SMILES string of the molecule is CCCCC/C=C/Oc1c2ccccc2c(O/C=C/CCCCC)c2cc(CC)c(CC)cc12. The first-order chi connectivity index (χ1) is 16.7. The first kappa shape index (κ1) is 25.9. The number of hydrogen-bond donors (Lipinski definition) is 0. The highest BCUT2D eigenvalue weighted by Crippen LogP contribution is 2.44. The predicted octanol–water partition coefficient (Wildman–Crippen LogP) is 10.1. The summed E-state index contributed by atoms with van der Waals surface area (Å²) >= 11 is 0. The Morgan fingerprint density at radius 3 is 1.41 bits per heavy atom. The molecule has 2 heteroatoms. The highest BCUT2D eigenvalue weighted by molar-refractivity contribution is 6.11. The number of rotatable bonds is 14. The van der Waals surface area contributed by atoms with Crippen LogP contribution in [0.2, 0.25) is 0 Å². The maximum absolute atomic E-state index is 6.36. The molecule has 0 aromatic heterocycles. The third kappa shape index (κ3) is 6.44. The summed E-state index contributed by atoms with van der Waals surface area (Å²) in [5.74, 6) is 1.85. The minimum Gasteiger partial charge on any atom is -0.464 e. The first-order valence-electron chi connectivity index (χ1n) is 13.4. The van der Waals surface area contributed by atoms with E-state index < -0.39 is 0 Å². The Morgan fingerprint density at radius 2 is 1.03 bits per heavy atom. The Kier molecular flexibility index (Phi) is 10.5. The summed E-state index contributed by atoms with van der Waals surface area (Å²) in [6.45, 7) is 8.93. The Balaban J connectivity index is 2.09. The molecule has 0 unspecified atom stereocenters. The fourth-order valence-corrected chi connectivity index (χ4v) is 4.54. The molecule has 0 atom stereocenters. The van der Waals surface area contributed by atoms with E-state index >= 15 is 0 Å². The second-order valence-electron chi connectivity index (χ2n) is 9.05. The van der Waals surface area contributed by atoms with E-state index in [1.807, 2.05) is 12.5 Å². The van der Waals surface area contributed by atoms with Crippen LogP contribution in [0.1, 0.15) is 90.2 Å². The molecule has 0 saturated carbocycles. The third-order valence-electron chi connectivity index (χ3n) is 6.52. The second kappa shape index (κ2) is 13.8. The first-order valence-corrected chi connectivity index (χ1v) is 13.4. The largest absolute Gasteiger partial charge is 0.464 e. The third-order valence-corrected chi connectivity index (χ3v) is 6.52. The Bertz CT molecular complexity index is 1020. The van der Waals surface area contributed by atoms with Gasteiger partial charge < -0.3 is 9.47 Å². The number of ether oxygens (including phenoxy) is 2. The van der Waals surface area contributed by atoms with Crippen LogP contribution in [0.25, 0.3) is 21.5 Å². The van der Waals surface area contributed by atoms with E-state index in [0.717, 1.165) is 58.7 Å². The molecule has 0 spiro atoms. The predicted molar refractivity (Wildman–Crippen MR) is 148 cm³/mol. The Labute approximate surface area is 206 Å². The standard InChI is InChI=1S/C32H42O2/c1-5-9-11-13-17-21-33-31-27-19-15-16-20-28(27)32(34-22-18-14-12-10-6-2)30-24-26(8-4)25(7-3)23-29(30)31/h15-24H,5-14H2,1-4H3/b21-17+,22-18+. The zero-order valence-electron chi connectivity index (χ0n) is 21.7. The molecule has 0 radical (unpaired) electrons. The van der Waals surface area contributed by atoms with Gasteiger partial charge in [0.2, 0.25) is 0 Å². The van der Waals surface area contributed by atoms with Crippen LogP contribution < -0.4 is 9.47 Å². The van der Waals surface area contributed by atoms with Crippen LogP contribution in [-0.4, -0.2) is 0 Å². The fraction of sp³-hybridized carbons (Fsp3) is 0.438. The van der Waals surface area contributed by atoms with Crippen LogP contribution in [0.4, 0.5) is 0 Å². The van der Waals surface area contributed by atoms with Gasteiger partial charge in [-0.15, -0.1) is 0 Å². The number of unbranched alkanes of at least 4 members (excludes halogenated alkanes) is 6. The molecule has 0 bridgehead atoms. The molecule has 0 aliphatic carbocycles. The molecule has 0 saturated heterocycles. The number of fused-ring (bicyclic) bond motifs is 2. The number of allylic oxidation sites excluding steroid dienone is 2. The molecule has 2 nitrogen and oxygen atoms in total. The summed E-state index contributed by atoms with van der Waals surface area (Å²) in [6.07, 6.45) is 19.6. The molecule has 0 aliphatic rings. The van der Waals surface area contributed by atoms with Crippen molar-refractivity contribution in [1.82, 2.24) is 0 Å². The quantitative estimate of drug-likeness (QED) is 0.136. The van der Waals surface area contributed by atoms with Crippen molar-refractivity contribution in [3.05, 3.63) is 72.2 Å².